The lowest BCUT2D eigenvalue weighted by molar-refractivity contribution is 0.0744. The highest BCUT2D eigenvalue weighted by Crippen LogP contribution is 2.51. The Morgan fingerprint density at radius 3 is 2.67 bits per heavy atom. The topological polar surface area (TPSA) is 58.3 Å². The van der Waals surface area contributed by atoms with E-state index in [4.69, 9.17) is 21.0 Å². The molecule has 0 amide bonds. The maximum Gasteiger partial charge on any atom is 0.326 e. The van der Waals surface area contributed by atoms with Gasteiger partial charge in [-0.25, -0.2) is 18.3 Å². The molecule has 0 aliphatic heterocycles. The Labute approximate surface area is 237 Å². The predicted molar refractivity (Wildman–Crippen MR) is 155 cm³/mol. The van der Waals surface area contributed by atoms with E-state index in [-0.39, 0.29) is 21.4 Å². The number of rotatable bonds is 10. The summed E-state index contributed by atoms with van der Waals surface area (Å²) < 4.78 is 45.2. The molecule has 5 rings (SSSR count). The van der Waals surface area contributed by atoms with Gasteiger partial charge in [-0.2, -0.15) is 5.10 Å². The molecule has 2 heterocycles. The zero-order valence-electron chi connectivity index (χ0n) is 22.3. The van der Waals surface area contributed by atoms with Crippen LogP contribution in [0, 0.1) is 11.6 Å². The molecule has 1 aliphatic carbocycles. The number of benzene rings is 2. The Morgan fingerprint density at radius 2 is 1.97 bits per heavy atom. The van der Waals surface area contributed by atoms with E-state index in [1.165, 1.54) is 31.9 Å². The lowest BCUT2D eigenvalue weighted by atomic mass is 10.2. The van der Waals surface area contributed by atoms with Crippen LogP contribution in [0.1, 0.15) is 34.8 Å². The summed E-state index contributed by atoms with van der Waals surface area (Å²) in [4.78, 5) is 13.1. The van der Waals surface area contributed by atoms with Gasteiger partial charge in [-0.05, 0) is 43.2 Å². The van der Waals surface area contributed by atoms with Crippen LogP contribution in [0.15, 0.2) is 52.5 Å². The van der Waals surface area contributed by atoms with Crippen molar-refractivity contribution >= 4 is 56.4 Å². The SMILES string of the molecule is BOC(=O)c1cccc(Sc2c(C3CC3)n(-c3cnn(COCC[Si](C)(C)C)c3)c3c(F)c(Cl)ccc23)c1F. The molecule has 39 heavy (non-hydrogen) atoms. The van der Waals surface area contributed by atoms with Crippen LogP contribution < -0.4 is 0 Å². The normalized spacial score (nSPS) is 13.8. The zero-order valence-corrected chi connectivity index (χ0v) is 24.8. The largest absolute Gasteiger partial charge is 0.540 e. The first-order chi connectivity index (χ1) is 18.6. The van der Waals surface area contributed by atoms with E-state index in [0.717, 1.165) is 29.5 Å². The van der Waals surface area contributed by atoms with Crippen molar-refractivity contribution < 1.29 is 23.0 Å². The third kappa shape index (κ3) is 5.82. The summed E-state index contributed by atoms with van der Waals surface area (Å²) in [6.07, 6.45) is 5.36. The minimum Gasteiger partial charge on any atom is -0.540 e. The highest BCUT2D eigenvalue weighted by molar-refractivity contribution is 7.99. The molecule has 2 aromatic carbocycles. The van der Waals surface area contributed by atoms with Crippen LogP contribution in [0.2, 0.25) is 30.7 Å². The Balaban J connectivity index is 1.58. The molecule has 0 N–H and O–H groups in total. The zero-order chi connectivity index (χ0) is 27.9. The van der Waals surface area contributed by atoms with Crippen LogP contribution in [0.25, 0.3) is 16.6 Å². The van der Waals surface area contributed by atoms with Crippen molar-refractivity contribution in [2.24, 2.45) is 0 Å². The monoisotopic (exact) mass is 587 g/mol. The summed E-state index contributed by atoms with van der Waals surface area (Å²) in [5, 5.41) is 5.08. The second kappa shape index (κ2) is 11.1. The van der Waals surface area contributed by atoms with Crippen molar-refractivity contribution in [1.29, 1.82) is 0 Å². The number of fused-ring (bicyclic) bond motifs is 1. The molecule has 2 aromatic heterocycles. The molecule has 0 spiro atoms. The maximum absolute atomic E-state index is 15.7. The van der Waals surface area contributed by atoms with Gasteiger partial charge in [-0.3, -0.25) is 0 Å². The van der Waals surface area contributed by atoms with Crippen molar-refractivity contribution in [2.75, 3.05) is 6.61 Å². The van der Waals surface area contributed by atoms with E-state index < -0.39 is 25.7 Å². The van der Waals surface area contributed by atoms with Gasteiger partial charge in [0.05, 0.1) is 34.2 Å². The van der Waals surface area contributed by atoms with E-state index in [0.29, 0.717) is 29.9 Å². The fourth-order valence-electron chi connectivity index (χ4n) is 4.44. The number of hydrogen-bond donors (Lipinski definition) is 0. The highest BCUT2D eigenvalue weighted by Gasteiger charge is 2.35. The summed E-state index contributed by atoms with van der Waals surface area (Å²) in [5.74, 6) is -1.81. The maximum atomic E-state index is 15.7. The molecule has 1 saturated carbocycles. The number of halogens is 3. The minimum absolute atomic E-state index is 0.00101. The van der Waals surface area contributed by atoms with Gasteiger partial charge in [0, 0.05) is 41.5 Å². The fraction of sp³-hybridized carbons (Fsp3) is 0.333. The van der Waals surface area contributed by atoms with Gasteiger partial charge in [0.25, 0.3) is 0 Å². The molecule has 0 unspecified atom stereocenters. The van der Waals surface area contributed by atoms with Crippen LogP contribution >= 0.6 is 23.4 Å². The average Bonchev–Trinajstić information content (AvgIpc) is 3.53. The summed E-state index contributed by atoms with van der Waals surface area (Å²) >= 11 is 7.42. The third-order valence-corrected chi connectivity index (χ3v) is 9.82. The molecule has 0 saturated heterocycles. The summed E-state index contributed by atoms with van der Waals surface area (Å²) in [5.41, 5.74) is 1.71. The second-order valence-corrected chi connectivity index (χ2v) is 18.0. The van der Waals surface area contributed by atoms with Crippen LogP contribution in [-0.4, -0.2) is 43.0 Å². The molecular weight excluding hydrogens is 559 g/mol. The number of carbonyl (C=O) groups excluding carboxylic acids is 1. The molecule has 4 aromatic rings. The van der Waals surface area contributed by atoms with E-state index >= 15 is 8.78 Å². The summed E-state index contributed by atoms with van der Waals surface area (Å²) in [6.45, 7) is 7.84. The number of hydrogen-bond acceptors (Lipinski definition) is 5. The first kappa shape index (κ1) is 27.9. The average molecular weight is 588 g/mol. The first-order valence-electron chi connectivity index (χ1n) is 12.8. The smallest absolute Gasteiger partial charge is 0.326 e. The Kier molecular flexibility index (Phi) is 7.96. The molecule has 6 nitrogen and oxygen atoms in total. The number of carbonyl (C=O) groups is 1. The van der Waals surface area contributed by atoms with Gasteiger partial charge in [-0.1, -0.05) is 49.1 Å². The minimum atomic E-state index is -1.21. The molecule has 12 heteroatoms. The number of nitrogens with zero attached hydrogens (tertiary/aromatic N) is 3. The van der Waals surface area contributed by atoms with Gasteiger partial charge in [-0.15, -0.1) is 0 Å². The lowest BCUT2D eigenvalue weighted by Gasteiger charge is -2.15. The number of aromatic nitrogens is 3. The third-order valence-electron chi connectivity index (χ3n) is 6.65. The molecule has 0 atom stereocenters. The van der Waals surface area contributed by atoms with Crippen molar-refractivity contribution in [3.63, 3.8) is 0 Å². The lowest BCUT2D eigenvalue weighted by Crippen LogP contribution is -2.22. The fourth-order valence-corrected chi connectivity index (χ4v) is 6.56. The quantitative estimate of drug-likeness (QED) is 0.151. The van der Waals surface area contributed by atoms with Crippen LogP contribution in [-0.2, 0) is 16.1 Å². The Bertz CT molecular complexity index is 1550. The summed E-state index contributed by atoms with van der Waals surface area (Å²) in [7, 11) is 0.00105. The Morgan fingerprint density at radius 1 is 1.21 bits per heavy atom. The Hall–Kier alpha value is -2.60. The van der Waals surface area contributed by atoms with Crippen molar-refractivity contribution in [3.05, 3.63) is 70.6 Å². The van der Waals surface area contributed by atoms with Crippen molar-refractivity contribution in [3.8, 4) is 5.69 Å². The van der Waals surface area contributed by atoms with E-state index in [2.05, 4.69) is 24.7 Å². The van der Waals surface area contributed by atoms with Gasteiger partial charge in [0.1, 0.15) is 6.73 Å². The molecule has 204 valence electrons. The van der Waals surface area contributed by atoms with E-state index in [1.807, 2.05) is 10.8 Å². The van der Waals surface area contributed by atoms with Gasteiger partial charge >= 0.3 is 14.0 Å². The predicted octanol–water partition coefficient (Wildman–Crippen LogP) is 6.80. The van der Waals surface area contributed by atoms with Gasteiger partial charge in [0.2, 0.25) is 0 Å². The molecule has 1 fully saturated rings. The first-order valence-corrected chi connectivity index (χ1v) is 17.7. The molecular formula is C27H29BClF2N3O3SSi. The van der Waals surface area contributed by atoms with Crippen LogP contribution in [0.4, 0.5) is 8.78 Å². The summed E-state index contributed by atoms with van der Waals surface area (Å²) in [6, 6.07) is 8.92. The van der Waals surface area contributed by atoms with Crippen LogP contribution in [0.3, 0.4) is 0 Å². The van der Waals surface area contributed by atoms with Gasteiger partial charge < -0.3 is 14.0 Å². The number of ether oxygens (including phenoxy) is 1. The van der Waals surface area contributed by atoms with Crippen molar-refractivity contribution in [2.45, 2.75) is 61.0 Å². The van der Waals surface area contributed by atoms with E-state index in [1.54, 1.807) is 29.1 Å². The standard InChI is InChI=1S/C27H29BClF2N3O3SSi/c1-39(2,3)12-11-36-15-33-14-17(13-32-33)34-24(16-7-8-16)26(19-9-10-20(29)23(31)25(19)34)38-21-6-4-5-18(22(21)30)27(35)37-28/h4-6,9-10,13-14,16H,7-8,11-12,15,28H2,1-3H3. The van der Waals surface area contributed by atoms with Gasteiger partial charge in [0.15, 0.2) is 11.6 Å². The molecule has 1 aliphatic rings. The van der Waals surface area contributed by atoms with Crippen molar-refractivity contribution in [1.82, 2.24) is 14.3 Å². The molecule has 0 bridgehead atoms. The van der Waals surface area contributed by atoms with E-state index in [9.17, 15) is 4.79 Å². The van der Waals surface area contributed by atoms with Crippen LogP contribution in [0.5, 0.6) is 0 Å². The second-order valence-electron chi connectivity index (χ2n) is 10.9. The highest BCUT2D eigenvalue weighted by atomic mass is 35.5. The molecule has 0 radical (unpaired) electrons.